The van der Waals surface area contributed by atoms with E-state index in [1.54, 1.807) is 0 Å². The van der Waals surface area contributed by atoms with Gasteiger partial charge in [-0.1, -0.05) is 6.07 Å². The number of pyridine rings is 1. The molecule has 1 aromatic rings. The number of nitrogens with zero attached hydrogens (tertiary/aromatic N) is 1. The van der Waals surface area contributed by atoms with Gasteiger partial charge >= 0.3 is 0 Å². The summed E-state index contributed by atoms with van der Waals surface area (Å²) in [7, 11) is 0. The molecule has 0 aromatic carbocycles. The number of ether oxygens (including phenoxy) is 1. The number of rotatable bonds is 1. The molecule has 1 spiro atoms. The van der Waals surface area contributed by atoms with Crippen molar-refractivity contribution in [3.05, 3.63) is 30.1 Å². The quantitative estimate of drug-likeness (QED) is 0.720. The largest absolute Gasteiger partial charge is 0.374 e. The second kappa shape index (κ2) is 4.17. The Morgan fingerprint density at radius 1 is 1.19 bits per heavy atom. The minimum Gasteiger partial charge on any atom is -0.374 e. The molecule has 0 N–H and O–H groups in total. The van der Waals surface area contributed by atoms with Crippen LogP contribution in [-0.2, 0) is 4.74 Å². The summed E-state index contributed by atoms with van der Waals surface area (Å²) in [6, 6.07) is 6.25. The summed E-state index contributed by atoms with van der Waals surface area (Å²) < 4.78 is 6.15. The lowest BCUT2D eigenvalue weighted by molar-refractivity contribution is -0.0850. The molecule has 1 saturated carbocycles. The van der Waals surface area contributed by atoms with Gasteiger partial charge in [-0.15, -0.1) is 0 Å². The first-order valence-corrected chi connectivity index (χ1v) is 6.46. The predicted octanol–water partition coefficient (Wildman–Crippen LogP) is 3.29. The molecule has 0 radical (unpaired) electrons. The van der Waals surface area contributed by atoms with Crippen molar-refractivity contribution >= 4 is 0 Å². The van der Waals surface area contributed by atoms with Crippen molar-refractivity contribution in [1.82, 2.24) is 4.98 Å². The maximum atomic E-state index is 6.15. The normalized spacial score (nSPS) is 34.4. The number of aromatic nitrogens is 1. The van der Waals surface area contributed by atoms with Crippen LogP contribution in [0, 0.1) is 0 Å². The van der Waals surface area contributed by atoms with E-state index in [1.165, 1.54) is 44.2 Å². The first-order valence-electron chi connectivity index (χ1n) is 6.46. The van der Waals surface area contributed by atoms with Crippen molar-refractivity contribution in [3.8, 4) is 0 Å². The van der Waals surface area contributed by atoms with Gasteiger partial charge in [0, 0.05) is 24.4 Å². The van der Waals surface area contributed by atoms with E-state index >= 15 is 0 Å². The SMILES string of the molecule is c1ccc(C2CCCC23CCCCO3)nc1. The summed E-state index contributed by atoms with van der Waals surface area (Å²) in [4.78, 5) is 4.53. The molecule has 0 bridgehead atoms. The van der Waals surface area contributed by atoms with E-state index in [2.05, 4.69) is 17.1 Å². The van der Waals surface area contributed by atoms with Gasteiger partial charge in [-0.2, -0.15) is 0 Å². The van der Waals surface area contributed by atoms with E-state index in [0.29, 0.717) is 5.92 Å². The fourth-order valence-corrected chi connectivity index (χ4v) is 3.39. The molecule has 86 valence electrons. The van der Waals surface area contributed by atoms with E-state index < -0.39 is 0 Å². The summed E-state index contributed by atoms with van der Waals surface area (Å²) in [6.45, 7) is 0.948. The first-order chi connectivity index (χ1) is 7.91. The first kappa shape index (κ1) is 10.3. The van der Waals surface area contributed by atoms with Crippen LogP contribution in [0.3, 0.4) is 0 Å². The zero-order valence-electron chi connectivity index (χ0n) is 9.69. The van der Waals surface area contributed by atoms with Crippen LogP contribution >= 0.6 is 0 Å². The summed E-state index contributed by atoms with van der Waals surface area (Å²) in [6.07, 6.45) is 9.46. The Balaban J connectivity index is 1.89. The Hall–Kier alpha value is -0.890. The van der Waals surface area contributed by atoms with Crippen molar-refractivity contribution in [2.45, 2.75) is 50.0 Å². The topological polar surface area (TPSA) is 22.1 Å². The monoisotopic (exact) mass is 217 g/mol. The van der Waals surface area contributed by atoms with Gasteiger partial charge in [0.25, 0.3) is 0 Å². The van der Waals surface area contributed by atoms with Gasteiger partial charge in [0.05, 0.1) is 5.60 Å². The lowest BCUT2D eigenvalue weighted by Crippen LogP contribution is -2.38. The molecular weight excluding hydrogens is 198 g/mol. The predicted molar refractivity (Wildman–Crippen MR) is 63.4 cm³/mol. The third-order valence-corrected chi connectivity index (χ3v) is 4.16. The van der Waals surface area contributed by atoms with Crippen molar-refractivity contribution in [2.75, 3.05) is 6.61 Å². The van der Waals surface area contributed by atoms with Crippen LogP contribution in [0.5, 0.6) is 0 Å². The van der Waals surface area contributed by atoms with Crippen LogP contribution in [0.2, 0.25) is 0 Å². The van der Waals surface area contributed by atoms with Gasteiger partial charge in [0.2, 0.25) is 0 Å². The highest BCUT2D eigenvalue weighted by atomic mass is 16.5. The van der Waals surface area contributed by atoms with Crippen molar-refractivity contribution in [1.29, 1.82) is 0 Å². The van der Waals surface area contributed by atoms with Crippen molar-refractivity contribution in [2.24, 2.45) is 0 Å². The van der Waals surface area contributed by atoms with E-state index in [1.807, 2.05) is 12.3 Å². The molecule has 2 fully saturated rings. The highest BCUT2D eigenvalue weighted by Crippen LogP contribution is 2.49. The zero-order chi connectivity index (χ0) is 10.8. The lowest BCUT2D eigenvalue weighted by Gasteiger charge is -2.38. The highest BCUT2D eigenvalue weighted by Gasteiger charge is 2.45. The standard InChI is InChI=1S/C14H19NO/c1-3-10-15-13(7-1)12-6-5-9-14(12)8-2-4-11-16-14/h1,3,7,10,12H,2,4-6,8-9,11H2. The molecule has 16 heavy (non-hydrogen) atoms. The zero-order valence-corrected chi connectivity index (χ0v) is 9.69. The summed E-state index contributed by atoms with van der Waals surface area (Å²) >= 11 is 0. The molecule has 2 heteroatoms. The van der Waals surface area contributed by atoms with Gasteiger partial charge < -0.3 is 4.74 Å². The van der Waals surface area contributed by atoms with Crippen molar-refractivity contribution in [3.63, 3.8) is 0 Å². The molecule has 3 rings (SSSR count). The Labute approximate surface area is 97.0 Å². The minimum absolute atomic E-state index is 0.132. The van der Waals surface area contributed by atoms with Gasteiger partial charge in [0.15, 0.2) is 0 Å². The second-order valence-corrected chi connectivity index (χ2v) is 5.07. The third-order valence-electron chi connectivity index (χ3n) is 4.16. The van der Waals surface area contributed by atoms with Crippen LogP contribution in [-0.4, -0.2) is 17.2 Å². The van der Waals surface area contributed by atoms with E-state index in [0.717, 1.165) is 6.61 Å². The van der Waals surface area contributed by atoms with Crippen LogP contribution < -0.4 is 0 Å². The lowest BCUT2D eigenvalue weighted by atomic mass is 9.82. The smallest absolute Gasteiger partial charge is 0.0765 e. The number of hydrogen-bond donors (Lipinski definition) is 0. The van der Waals surface area contributed by atoms with Crippen LogP contribution in [0.25, 0.3) is 0 Å². The fraction of sp³-hybridized carbons (Fsp3) is 0.643. The Morgan fingerprint density at radius 3 is 2.88 bits per heavy atom. The third kappa shape index (κ3) is 1.65. The summed E-state index contributed by atoms with van der Waals surface area (Å²) in [5.74, 6) is 0.536. The molecule has 1 aromatic heterocycles. The van der Waals surface area contributed by atoms with Crippen LogP contribution in [0.4, 0.5) is 0 Å². The van der Waals surface area contributed by atoms with E-state index in [4.69, 9.17) is 4.74 Å². The minimum atomic E-state index is 0.132. The van der Waals surface area contributed by atoms with Gasteiger partial charge in [-0.05, 0) is 50.7 Å². The highest BCUT2D eigenvalue weighted by molar-refractivity contribution is 5.18. The maximum absolute atomic E-state index is 6.15. The van der Waals surface area contributed by atoms with Crippen LogP contribution in [0.1, 0.15) is 50.1 Å². The molecule has 1 aliphatic carbocycles. The molecule has 1 saturated heterocycles. The molecule has 0 amide bonds. The fourth-order valence-electron chi connectivity index (χ4n) is 3.39. The maximum Gasteiger partial charge on any atom is 0.0765 e. The molecule has 2 nitrogen and oxygen atoms in total. The van der Waals surface area contributed by atoms with Gasteiger partial charge in [-0.3, -0.25) is 4.98 Å². The molecular formula is C14H19NO. The summed E-state index contributed by atoms with van der Waals surface area (Å²) in [5.41, 5.74) is 1.37. The van der Waals surface area contributed by atoms with Gasteiger partial charge in [-0.25, -0.2) is 0 Å². The van der Waals surface area contributed by atoms with Crippen molar-refractivity contribution < 1.29 is 4.74 Å². The van der Waals surface area contributed by atoms with Crippen LogP contribution in [0.15, 0.2) is 24.4 Å². The van der Waals surface area contributed by atoms with Gasteiger partial charge in [0.1, 0.15) is 0 Å². The Bertz CT molecular complexity index is 343. The molecule has 2 heterocycles. The summed E-state index contributed by atoms with van der Waals surface area (Å²) in [5, 5.41) is 0. The molecule has 2 atom stereocenters. The average molecular weight is 217 g/mol. The second-order valence-electron chi connectivity index (χ2n) is 5.07. The number of hydrogen-bond acceptors (Lipinski definition) is 2. The molecule has 2 unspecified atom stereocenters. The van der Waals surface area contributed by atoms with E-state index in [-0.39, 0.29) is 5.60 Å². The van der Waals surface area contributed by atoms with E-state index in [9.17, 15) is 0 Å². The molecule has 1 aliphatic heterocycles. The Kier molecular flexibility index (Phi) is 2.68. The molecule has 2 aliphatic rings. The average Bonchev–Trinajstić information content (AvgIpc) is 2.75. The Morgan fingerprint density at radius 2 is 2.12 bits per heavy atom.